The molecule has 0 unspecified atom stereocenters. The fourth-order valence-corrected chi connectivity index (χ4v) is 5.59. The van der Waals surface area contributed by atoms with Gasteiger partial charge in [-0.3, -0.25) is 29.8 Å². The van der Waals surface area contributed by atoms with Crippen molar-refractivity contribution in [2.45, 2.75) is 134 Å². The molecule has 58 heavy (non-hydrogen) atoms. The Bertz CT molecular complexity index is 1140. The summed E-state index contributed by atoms with van der Waals surface area (Å²) in [6.45, 7) is 3.53. The molecule has 0 spiro atoms. The van der Waals surface area contributed by atoms with E-state index in [0.717, 1.165) is 57.7 Å². The van der Waals surface area contributed by atoms with Crippen molar-refractivity contribution in [2.24, 2.45) is 5.84 Å². The first kappa shape index (κ1) is 54.2. The van der Waals surface area contributed by atoms with Crippen molar-refractivity contribution < 1.29 is 62.7 Å². The number of aldehydes is 1. The number of rotatable bonds is 42. The maximum absolute atomic E-state index is 12.1. The van der Waals surface area contributed by atoms with Crippen molar-refractivity contribution in [3.63, 3.8) is 0 Å². The van der Waals surface area contributed by atoms with Crippen LogP contribution in [-0.4, -0.2) is 136 Å². The lowest BCUT2D eigenvalue weighted by atomic mass is 9.92. The summed E-state index contributed by atoms with van der Waals surface area (Å²) < 4.78 is 21.3. The summed E-state index contributed by atoms with van der Waals surface area (Å²) in [6, 6.07) is -1.26. The Kier molecular flexibility index (Phi) is 35.1. The maximum Gasteiger partial charge on any atom is 0.326 e. The van der Waals surface area contributed by atoms with E-state index < -0.39 is 36.0 Å². The molecular formula is C39H72N6O13. The van der Waals surface area contributed by atoms with Crippen LogP contribution in [-0.2, 0) is 52.5 Å². The number of hydrogen-bond acceptors (Lipinski definition) is 13. The molecule has 0 saturated heterocycles. The van der Waals surface area contributed by atoms with Gasteiger partial charge in [0.25, 0.3) is 0 Å². The Morgan fingerprint density at radius 3 is 1.59 bits per heavy atom. The summed E-state index contributed by atoms with van der Waals surface area (Å²) in [6.07, 6.45) is 14.1. The van der Waals surface area contributed by atoms with E-state index in [1.165, 1.54) is 12.8 Å². The van der Waals surface area contributed by atoms with Gasteiger partial charge >= 0.3 is 11.9 Å². The van der Waals surface area contributed by atoms with Crippen molar-refractivity contribution in [1.82, 2.24) is 26.7 Å². The molecule has 0 bridgehead atoms. The van der Waals surface area contributed by atoms with Gasteiger partial charge in [0, 0.05) is 38.9 Å². The predicted molar refractivity (Wildman–Crippen MR) is 214 cm³/mol. The molecule has 0 aromatic rings. The van der Waals surface area contributed by atoms with Gasteiger partial charge in [0.15, 0.2) is 0 Å². The van der Waals surface area contributed by atoms with Gasteiger partial charge in [0.1, 0.15) is 25.5 Å². The average molecular weight is 833 g/mol. The van der Waals surface area contributed by atoms with E-state index in [2.05, 4.69) is 26.7 Å². The number of hydrogen-bond donors (Lipinski definition) is 8. The van der Waals surface area contributed by atoms with Gasteiger partial charge in [-0.2, -0.15) is 0 Å². The predicted octanol–water partition coefficient (Wildman–Crippen LogP) is 1.50. The second kappa shape index (κ2) is 37.5. The number of ether oxygens (including phenoxy) is 4. The Hall–Kier alpha value is -3.75. The Morgan fingerprint density at radius 2 is 1.07 bits per heavy atom. The zero-order chi connectivity index (χ0) is 43.1. The Labute approximate surface area is 343 Å². The van der Waals surface area contributed by atoms with Gasteiger partial charge in [0.05, 0.1) is 45.2 Å². The first-order valence-electron chi connectivity index (χ1n) is 20.8. The van der Waals surface area contributed by atoms with Crippen molar-refractivity contribution in [3.05, 3.63) is 0 Å². The number of aliphatic carboxylic acids is 2. The average Bonchev–Trinajstić information content (AvgIpc) is 3.20. The molecule has 0 heterocycles. The van der Waals surface area contributed by atoms with Crippen LogP contribution in [0.25, 0.3) is 0 Å². The molecule has 0 aromatic heterocycles. The standard InChI is InChI=1S/C39H72N6O13/c1-2-39(31-46,45-40)19-13-14-20-41-34(48)18-17-32(38(53)54)44-36(50)30-58-28-26-56-24-22-43-35(49)29-57-27-25-55-23-21-42-33(47)15-11-9-7-5-3-4-6-8-10-12-16-37(51)52/h31-32,45H,2-30,40H2,1H3,(H,41,48)(H,42,47)(H,43,49)(H,44,50)(H,51,52)(H,53,54)/t32-,39-/m0/s1. The number of amides is 4. The lowest BCUT2D eigenvalue weighted by Gasteiger charge is -2.25. The summed E-state index contributed by atoms with van der Waals surface area (Å²) in [7, 11) is 0. The summed E-state index contributed by atoms with van der Waals surface area (Å²) >= 11 is 0. The molecule has 4 amide bonds. The lowest BCUT2D eigenvalue weighted by Crippen LogP contribution is -2.50. The third-order valence-electron chi connectivity index (χ3n) is 9.20. The van der Waals surface area contributed by atoms with Crippen LogP contribution in [0.4, 0.5) is 0 Å². The van der Waals surface area contributed by atoms with Crippen molar-refractivity contribution in [2.75, 3.05) is 72.5 Å². The van der Waals surface area contributed by atoms with Crippen molar-refractivity contribution in [3.8, 4) is 0 Å². The molecule has 0 rings (SSSR count). The monoisotopic (exact) mass is 833 g/mol. The fraction of sp³-hybridized carbons (Fsp3) is 0.821. The quantitative estimate of drug-likeness (QED) is 0.0187. The maximum atomic E-state index is 12.1. The number of hydrazine groups is 1. The highest BCUT2D eigenvalue weighted by Gasteiger charge is 2.25. The van der Waals surface area contributed by atoms with E-state index in [9.17, 15) is 38.7 Å². The molecular weight excluding hydrogens is 760 g/mol. The van der Waals surface area contributed by atoms with Crippen LogP contribution in [0, 0.1) is 0 Å². The highest BCUT2D eigenvalue weighted by Crippen LogP contribution is 2.15. The summed E-state index contributed by atoms with van der Waals surface area (Å²) in [4.78, 5) is 81.5. The van der Waals surface area contributed by atoms with Crippen LogP contribution < -0.4 is 32.5 Å². The zero-order valence-corrected chi connectivity index (χ0v) is 34.6. The highest BCUT2D eigenvalue weighted by atomic mass is 16.5. The minimum atomic E-state index is -1.27. The number of nitrogens with one attached hydrogen (secondary N) is 5. The molecule has 336 valence electrons. The third-order valence-corrected chi connectivity index (χ3v) is 9.20. The number of nitrogens with two attached hydrogens (primary N) is 1. The van der Waals surface area contributed by atoms with Gasteiger partial charge in [-0.05, 0) is 44.9 Å². The smallest absolute Gasteiger partial charge is 0.326 e. The number of carboxylic acid groups (broad SMARTS) is 2. The zero-order valence-electron chi connectivity index (χ0n) is 34.6. The second-order valence-corrected chi connectivity index (χ2v) is 14.0. The van der Waals surface area contributed by atoms with E-state index in [1.54, 1.807) is 0 Å². The van der Waals surface area contributed by atoms with E-state index in [4.69, 9.17) is 29.9 Å². The number of carbonyl (C=O) groups is 7. The van der Waals surface area contributed by atoms with Crippen LogP contribution in [0.2, 0.25) is 0 Å². The van der Waals surface area contributed by atoms with Crippen LogP contribution in [0.15, 0.2) is 0 Å². The molecule has 0 saturated carbocycles. The molecule has 19 heteroatoms. The first-order valence-corrected chi connectivity index (χ1v) is 20.8. The minimum absolute atomic E-state index is 0.00197. The van der Waals surface area contributed by atoms with E-state index in [1.807, 2.05) is 6.92 Å². The third kappa shape index (κ3) is 33.2. The molecule has 0 radical (unpaired) electrons. The largest absolute Gasteiger partial charge is 0.481 e. The summed E-state index contributed by atoms with van der Waals surface area (Å²) in [5.41, 5.74) is 1.75. The highest BCUT2D eigenvalue weighted by molar-refractivity contribution is 5.85. The van der Waals surface area contributed by atoms with Crippen LogP contribution in [0.3, 0.4) is 0 Å². The van der Waals surface area contributed by atoms with E-state index >= 15 is 0 Å². The van der Waals surface area contributed by atoms with Gasteiger partial charge < -0.3 is 55.2 Å². The van der Waals surface area contributed by atoms with Crippen LogP contribution >= 0.6 is 0 Å². The number of unbranched alkanes of at least 4 members (excludes halogenated alkanes) is 10. The fourth-order valence-electron chi connectivity index (χ4n) is 5.59. The normalized spacial score (nSPS) is 12.6. The minimum Gasteiger partial charge on any atom is -0.481 e. The molecule has 0 aliphatic carbocycles. The number of carbonyl (C=O) groups excluding carboxylic acids is 5. The van der Waals surface area contributed by atoms with Crippen molar-refractivity contribution in [1.29, 1.82) is 0 Å². The van der Waals surface area contributed by atoms with Gasteiger partial charge in [-0.1, -0.05) is 58.3 Å². The molecule has 0 fully saturated rings. The topological polar surface area (TPSA) is 283 Å². The summed E-state index contributed by atoms with van der Waals surface area (Å²) in [5, 5.41) is 28.6. The van der Waals surface area contributed by atoms with Crippen molar-refractivity contribution >= 4 is 41.9 Å². The molecule has 0 aliphatic heterocycles. The Balaban J connectivity index is 3.67. The molecule has 9 N–H and O–H groups in total. The lowest BCUT2D eigenvalue weighted by molar-refractivity contribution is -0.143. The number of carboxylic acids is 2. The van der Waals surface area contributed by atoms with E-state index in [-0.39, 0.29) is 83.2 Å². The van der Waals surface area contributed by atoms with Crippen LogP contribution in [0.1, 0.15) is 122 Å². The first-order chi connectivity index (χ1) is 28.0. The second-order valence-electron chi connectivity index (χ2n) is 14.0. The summed E-state index contributed by atoms with van der Waals surface area (Å²) in [5.74, 6) is 2.14. The SMILES string of the molecule is CC[C@@](C=O)(CCCCNC(=O)CC[C@H](NC(=O)COCCOCCNC(=O)COCCOCCNC(=O)CCCCCCCCCCCCC(=O)O)C(=O)O)NN. The Morgan fingerprint density at radius 1 is 0.586 bits per heavy atom. The van der Waals surface area contributed by atoms with Gasteiger partial charge in [-0.25, -0.2) is 10.2 Å². The molecule has 2 atom stereocenters. The molecule has 0 aliphatic rings. The van der Waals surface area contributed by atoms with Gasteiger partial charge in [0.2, 0.25) is 23.6 Å². The molecule has 19 nitrogen and oxygen atoms in total. The van der Waals surface area contributed by atoms with Crippen LogP contribution in [0.5, 0.6) is 0 Å². The molecule has 0 aromatic carbocycles. The van der Waals surface area contributed by atoms with E-state index in [0.29, 0.717) is 51.8 Å². The van der Waals surface area contributed by atoms with Gasteiger partial charge in [-0.15, -0.1) is 0 Å².